The van der Waals surface area contributed by atoms with Crippen molar-refractivity contribution in [2.75, 3.05) is 57.0 Å². The predicted octanol–water partition coefficient (Wildman–Crippen LogP) is -1.93. The molecule has 1 aliphatic carbocycles. The van der Waals surface area contributed by atoms with E-state index in [0.29, 0.717) is 0 Å². The molecule has 8 heteroatoms. The van der Waals surface area contributed by atoms with Crippen LogP contribution in [0.3, 0.4) is 0 Å². The van der Waals surface area contributed by atoms with Gasteiger partial charge < -0.3 is 51.9 Å². The van der Waals surface area contributed by atoms with E-state index in [9.17, 15) is 0 Å². The van der Waals surface area contributed by atoms with Gasteiger partial charge in [0, 0.05) is 59.3 Å². The Morgan fingerprint density at radius 2 is 0.745 bits per heavy atom. The normalized spacial score (nSPS) is 15.5. The topological polar surface area (TPSA) is 9.72 Å². The quantitative estimate of drug-likeness (QED) is 0.159. The first-order chi connectivity index (χ1) is 19.9. The first-order valence-corrected chi connectivity index (χ1v) is 17.6. The molecule has 0 saturated carbocycles. The second-order valence-electron chi connectivity index (χ2n) is 13.9. The molecule has 0 heterocycles. The number of benzene rings is 3. The van der Waals surface area contributed by atoms with Gasteiger partial charge in [0.05, 0.1) is 0 Å². The zero-order valence-corrected chi connectivity index (χ0v) is 36.3. The number of hydrogen-bond donors (Lipinski definition) is 0. The summed E-state index contributed by atoms with van der Waals surface area (Å²) in [6.07, 6.45) is 4.22. The van der Waals surface area contributed by atoms with Gasteiger partial charge >= 0.3 is 21.7 Å². The minimum Gasteiger partial charge on any atom is -1.00 e. The van der Waals surface area contributed by atoms with Crippen molar-refractivity contribution in [3.05, 3.63) is 92.6 Å². The second kappa shape index (κ2) is 16.4. The van der Waals surface area contributed by atoms with Crippen LogP contribution in [-0.4, -0.2) is 50.4 Å². The van der Waals surface area contributed by atoms with Gasteiger partial charge in [-0.05, 0) is 109 Å². The molecule has 47 heavy (non-hydrogen) atoms. The third kappa shape index (κ3) is 7.30. The Morgan fingerprint density at radius 1 is 0.489 bits per heavy atom. The molecule has 0 bridgehead atoms. The molecular formula is C39H54Cl3N3SiTi. The Bertz CT molecular complexity index is 1520. The summed E-state index contributed by atoms with van der Waals surface area (Å²) in [7, 11) is 10.2. The minimum absolute atomic E-state index is 0. The molecule has 1 atom stereocenters. The number of rotatable bonds is 7. The molecule has 4 rings (SSSR count). The molecule has 0 amide bonds. The molecule has 0 saturated heterocycles. The van der Waals surface area contributed by atoms with Gasteiger partial charge in [-0.1, -0.05) is 44.0 Å². The van der Waals surface area contributed by atoms with E-state index in [1.54, 1.807) is 0 Å². The van der Waals surface area contributed by atoms with Gasteiger partial charge in [0.1, 0.15) is 0 Å². The van der Waals surface area contributed by atoms with E-state index < -0.39 is 8.07 Å². The Balaban J connectivity index is 0.00000529. The Labute approximate surface area is 321 Å². The number of aryl methyl sites for hydroxylation is 6. The van der Waals surface area contributed by atoms with Crippen molar-refractivity contribution in [1.29, 1.82) is 0 Å². The molecule has 1 aliphatic rings. The van der Waals surface area contributed by atoms with E-state index in [-0.39, 0.29) is 64.0 Å². The van der Waals surface area contributed by atoms with Crippen LogP contribution in [0.15, 0.2) is 53.1 Å². The molecule has 3 aromatic carbocycles. The zero-order chi connectivity index (χ0) is 32.3. The Kier molecular flexibility index (Phi) is 15.8. The SMILES string of the molecule is CC1=[C-]C(C)([Si](c2cc(C)c(C)cc2N(C)C)(c2cc(C)c(C)cc2N(C)C)c2cc(C)c(C)cc2N(C)C)C(C)=C1C.[Cl-].[Cl-].[Cl-].[Ti+4]. The first kappa shape index (κ1) is 45.3. The molecule has 0 radical (unpaired) electrons. The molecule has 0 spiro atoms. The van der Waals surface area contributed by atoms with Gasteiger partial charge in [-0.3, -0.25) is 6.08 Å². The average Bonchev–Trinajstić information content (AvgIpc) is 3.12. The van der Waals surface area contributed by atoms with Crippen LogP contribution in [-0.2, 0) is 21.7 Å². The molecule has 254 valence electrons. The summed E-state index contributed by atoms with van der Waals surface area (Å²) < 4.78 is 0. The monoisotopic (exact) mass is 745 g/mol. The third-order valence-electron chi connectivity index (χ3n) is 10.6. The second-order valence-corrected chi connectivity index (χ2v) is 18.0. The van der Waals surface area contributed by atoms with E-state index in [1.165, 1.54) is 82.7 Å². The van der Waals surface area contributed by atoms with E-state index >= 15 is 0 Å². The van der Waals surface area contributed by atoms with Gasteiger partial charge in [-0.2, -0.15) is 11.1 Å². The van der Waals surface area contributed by atoms with Gasteiger partial charge in [-0.25, -0.2) is 5.57 Å². The summed E-state index contributed by atoms with van der Waals surface area (Å²) in [6, 6.07) is 14.9. The van der Waals surface area contributed by atoms with Crippen LogP contribution in [0, 0.1) is 47.6 Å². The van der Waals surface area contributed by atoms with Crippen LogP contribution in [0.1, 0.15) is 61.1 Å². The van der Waals surface area contributed by atoms with Crippen molar-refractivity contribution in [2.45, 2.75) is 74.3 Å². The molecule has 0 aromatic heterocycles. The maximum Gasteiger partial charge on any atom is 4.00 e. The Morgan fingerprint density at radius 3 is 0.957 bits per heavy atom. The van der Waals surface area contributed by atoms with Crippen LogP contribution < -0.4 is 67.5 Å². The average molecular weight is 747 g/mol. The fourth-order valence-corrected chi connectivity index (χ4v) is 14.2. The molecule has 0 aliphatic heterocycles. The van der Waals surface area contributed by atoms with Crippen molar-refractivity contribution in [2.24, 2.45) is 0 Å². The number of anilines is 3. The first-order valence-electron chi connectivity index (χ1n) is 15.6. The maximum atomic E-state index is 4.22. The van der Waals surface area contributed by atoms with Crippen molar-refractivity contribution in [3.8, 4) is 0 Å². The van der Waals surface area contributed by atoms with E-state index in [0.717, 1.165) is 0 Å². The largest absolute Gasteiger partial charge is 4.00 e. The molecule has 3 nitrogen and oxygen atoms in total. The van der Waals surface area contributed by atoms with Gasteiger partial charge in [0.25, 0.3) is 0 Å². The molecule has 0 fully saturated rings. The van der Waals surface area contributed by atoms with Crippen LogP contribution in [0.5, 0.6) is 0 Å². The van der Waals surface area contributed by atoms with Crippen LogP contribution in [0.4, 0.5) is 17.1 Å². The van der Waals surface area contributed by atoms with Crippen molar-refractivity contribution >= 4 is 40.7 Å². The summed E-state index contributed by atoms with van der Waals surface area (Å²) >= 11 is 0. The minimum atomic E-state index is -3.06. The maximum absolute atomic E-state index is 4.22. The summed E-state index contributed by atoms with van der Waals surface area (Å²) in [5.74, 6) is 0. The molecular weight excluding hydrogens is 693 g/mol. The van der Waals surface area contributed by atoms with Gasteiger partial charge in [-0.15, -0.1) is 6.92 Å². The van der Waals surface area contributed by atoms with Crippen molar-refractivity contribution in [3.63, 3.8) is 0 Å². The number of hydrogen-bond acceptors (Lipinski definition) is 3. The third-order valence-corrected chi connectivity index (χ3v) is 16.2. The summed E-state index contributed by atoms with van der Waals surface area (Å²) in [4.78, 5) is 7.03. The fraction of sp³-hybridized carbons (Fsp3) is 0.436. The molecule has 1 unspecified atom stereocenters. The van der Waals surface area contributed by atoms with Crippen molar-refractivity contribution < 1.29 is 58.9 Å². The smallest absolute Gasteiger partial charge is 1.00 e. The van der Waals surface area contributed by atoms with E-state index in [2.05, 4.69) is 169 Å². The number of nitrogens with zero attached hydrogens (tertiary/aromatic N) is 3. The summed E-state index contributed by atoms with van der Waals surface area (Å²) in [5.41, 5.74) is 16.0. The van der Waals surface area contributed by atoms with E-state index in [1.807, 2.05) is 0 Å². The molecule has 3 aromatic rings. The predicted molar refractivity (Wildman–Crippen MR) is 195 cm³/mol. The summed E-state index contributed by atoms with van der Waals surface area (Å²) in [5, 5.41) is 4.02. The summed E-state index contributed by atoms with van der Waals surface area (Å²) in [6.45, 7) is 23.1. The van der Waals surface area contributed by atoms with Gasteiger partial charge in [0.2, 0.25) is 0 Å². The fourth-order valence-electron chi connectivity index (χ4n) is 7.25. The van der Waals surface area contributed by atoms with Gasteiger partial charge in [0.15, 0.2) is 8.07 Å². The van der Waals surface area contributed by atoms with Crippen LogP contribution in [0.2, 0.25) is 5.04 Å². The number of halogens is 3. The van der Waals surface area contributed by atoms with Crippen molar-refractivity contribution in [1.82, 2.24) is 0 Å². The molecule has 0 N–H and O–H groups in total. The van der Waals surface area contributed by atoms with Crippen LogP contribution >= 0.6 is 0 Å². The number of allylic oxidation sites excluding steroid dienone is 4. The zero-order valence-electron chi connectivity index (χ0n) is 31.4. The van der Waals surface area contributed by atoms with E-state index in [4.69, 9.17) is 0 Å². The van der Waals surface area contributed by atoms with Crippen LogP contribution in [0.25, 0.3) is 0 Å². The Hall–Kier alpha value is -1.66. The standard InChI is InChI=1S/C39H54N3Si.3ClH.Ti/c1-24-17-33(40(11)12)36(20-27(24)4)43(39(10)23-30(7)31(8)32(39)9,37-21-28(5)25(2)18-34(37)41(13)14)38-22-29(6)26(3)19-35(38)42(15)16;;;;/h17-22H,1-16H3;3*1H;/q-1;;;;+4/p-3.